The third-order valence-corrected chi connectivity index (χ3v) is 5.59. The summed E-state index contributed by atoms with van der Waals surface area (Å²) in [6.45, 7) is 1.42. The molecule has 0 aliphatic carbocycles. The third-order valence-electron chi connectivity index (χ3n) is 5.59. The molecule has 8 nitrogen and oxygen atoms in total. The van der Waals surface area contributed by atoms with Crippen LogP contribution in [0.5, 0.6) is 23.0 Å². The van der Waals surface area contributed by atoms with Crippen LogP contribution in [0.15, 0.2) is 36.4 Å². The van der Waals surface area contributed by atoms with Crippen LogP contribution in [-0.4, -0.2) is 52.6 Å². The molecule has 3 rings (SSSR count). The lowest BCUT2D eigenvalue weighted by molar-refractivity contribution is -0.174. The minimum atomic E-state index is -1.46. The lowest BCUT2D eigenvalue weighted by Crippen LogP contribution is -2.48. The Hall–Kier alpha value is -3.42. The van der Waals surface area contributed by atoms with Gasteiger partial charge in [-0.15, -0.1) is 0 Å². The number of benzene rings is 2. The summed E-state index contributed by atoms with van der Waals surface area (Å²) in [7, 11) is 6.21. The van der Waals surface area contributed by atoms with Crippen molar-refractivity contribution < 1.29 is 38.0 Å². The van der Waals surface area contributed by atoms with Crippen LogP contribution in [0.3, 0.4) is 0 Å². The molecule has 1 aliphatic rings. The number of cyclic esters (lactones) is 1. The molecular weight excluding hydrogens is 416 g/mol. The van der Waals surface area contributed by atoms with Gasteiger partial charge in [0.05, 0.1) is 35.0 Å². The van der Waals surface area contributed by atoms with Gasteiger partial charge in [-0.2, -0.15) is 0 Å². The summed E-state index contributed by atoms with van der Waals surface area (Å²) >= 11 is 0. The Morgan fingerprint density at radius 3 is 1.97 bits per heavy atom. The predicted molar refractivity (Wildman–Crippen MR) is 115 cm³/mol. The lowest BCUT2D eigenvalue weighted by Gasteiger charge is -2.31. The molecule has 0 bridgehead atoms. The summed E-state index contributed by atoms with van der Waals surface area (Å²) in [6.07, 6.45) is 0.580. The summed E-state index contributed by atoms with van der Waals surface area (Å²) in [5.41, 5.74) is 0.188. The number of carbonyl (C=O) groups is 2. The van der Waals surface area contributed by atoms with E-state index in [2.05, 4.69) is 0 Å². The third kappa shape index (κ3) is 4.59. The van der Waals surface area contributed by atoms with Crippen LogP contribution in [0.2, 0.25) is 0 Å². The fourth-order valence-electron chi connectivity index (χ4n) is 4.04. The van der Waals surface area contributed by atoms with Crippen LogP contribution in [0.1, 0.15) is 18.1 Å². The van der Waals surface area contributed by atoms with E-state index in [0.29, 0.717) is 29.4 Å². The van der Waals surface area contributed by atoms with Gasteiger partial charge in [-0.05, 0) is 41.8 Å². The maximum atomic E-state index is 12.9. The van der Waals surface area contributed by atoms with Gasteiger partial charge in [0.2, 0.25) is 5.60 Å². The van der Waals surface area contributed by atoms with Gasteiger partial charge >= 0.3 is 11.9 Å². The quantitative estimate of drug-likeness (QED) is 0.546. The Bertz CT molecular complexity index is 986. The second-order valence-electron chi connectivity index (χ2n) is 7.54. The molecule has 1 fully saturated rings. The first-order valence-electron chi connectivity index (χ1n) is 10.2. The number of methoxy groups -OCH3 is 4. The van der Waals surface area contributed by atoms with Crippen LogP contribution in [0.25, 0.3) is 0 Å². The Balaban J connectivity index is 1.96. The van der Waals surface area contributed by atoms with Crippen molar-refractivity contribution >= 4 is 11.9 Å². The first-order valence-corrected chi connectivity index (χ1v) is 10.2. The van der Waals surface area contributed by atoms with Gasteiger partial charge in [-0.3, -0.25) is 4.79 Å². The van der Waals surface area contributed by atoms with Gasteiger partial charge < -0.3 is 28.4 Å². The topological polar surface area (TPSA) is 89.5 Å². The minimum Gasteiger partial charge on any atom is -0.493 e. The van der Waals surface area contributed by atoms with E-state index < -0.39 is 23.5 Å². The standard InChI is InChI=1S/C24H28O8/c1-15(25)32-24(13-17-7-9-20(28-3)22(12-17)30-5)18(14-31-23(24)26)10-16-6-8-19(27-2)21(11-16)29-4/h6-9,11-12,18H,10,13-14H2,1-5H3/t18-,24+/m0/s1. The number of ether oxygens (including phenoxy) is 6. The predicted octanol–water partition coefficient (Wildman–Crippen LogP) is 2.98. The lowest BCUT2D eigenvalue weighted by atomic mass is 9.80. The Labute approximate surface area is 187 Å². The van der Waals surface area contributed by atoms with E-state index in [9.17, 15) is 9.59 Å². The summed E-state index contributed by atoms with van der Waals surface area (Å²) < 4.78 is 32.4. The SMILES string of the molecule is COc1ccc(C[C@H]2COC(=O)[C@]2(Cc2ccc(OC)c(OC)c2)OC(C)=O)cc1OC. The highest BCUT2D eigenvalue weighted by Crippen LogP contribution is 2.39. The number of hydrogen-bond donors (Lipinski definition) is 0. The Morgan fingerprint density at radius 2 is 1.44 bits per heavy atom. The molecule has 0 aromatic heterocycles. The second-order valence-corrected chi connectivity index (χ2v) is 7.54. The molecule has 1 saturated heterocycles. The van der Waals surface area contributed by atoms with Gasteiger partial charge in [0.15, 0.2) is 23.0 Å². The number of carbonyl (C=O) groups excluding carboxylic acids is 2. The highest BCUT2D eigenvalue weighted by Gasteiger charge is 2.55. The molecule has 0 N–H and O–H groups in total. The van der Waals surface area contributed by atoms with Crippen LogP contribution >= 0.6 is 0 Å². The smallest absolute Gasteiger partial charge is 0.351 e. The molecule has 172 valence electrons. The maximum Gasteiger partial charge on any atom is 0.351 e. The van der Waals surface area contributed by atoms with Gasteiger partial charge in [-0.1, -0.05) is 12.1 Å². The summed E-state index contributed by atoms with van der Waals surface area (Å²) in [5.74, 6) is 0.749. The Kier molecular flexibility index (Phi) is 7.12. The normalized spacial score (nSPS) is 19.8. The molecule has 0 radical (unpaired) electrons. The van der Waals surface area contributed by atoms with Crippen molar-refractivity contribution in [3.8, 4) is 23.0 Å². The van der Waals surface area contributed by atoms with E-state index in [1.807, 2.05) is 18.2 Å². The Morgan fingerprint density at radius 1 is 0.906 bits per heavy atom. The molecule has 2 aromatic rings. The first-order chi connectivity index (χ1) is 15.4. The van der Waals surface area contributed by atoms with Crippen LogP contribution < -0.4 is 18.9 Å². The zero-order chi connectivity index (χ0) is 23.3. The van der Waals surface area contributed by atoms with Crippen molar-refractivity contribution in [2.24, 2.45) is 5.92 Å². The van der Waals surface area contributed by atoms with Crippen LogP contribution in [0.4, 0.5) is 0 Å². The second kappa shape index (κ2) is 9.80. The molecule has 1 heterocycles. The van der Waals surface area contributed by atoms with E-state index in [1.54, 1.807) is 39.5 Å². The van der Waals surface area contributed by atoms with Crippen molar-refractivity contribution in [1.29, 1.82) is 0 Å². The minimum absolute atomic E-state index is 0.133. The maximum absolute atomic E-state index is 12.9. The van der Waals surface area contributed by atoms with Crippen molar-refractivity contribution in [2.45, 2.75) is 25.4 Å². The first kappa shape index (κ1) is 23.2. The fourth-order valence-corrected chi connectivity index (χ4v) is 4.04. The van der Waals surface area contributed by atoms with E-state index in [0.717, 1.165) is 11.1 Å². The molecule has 32 heavy (non-hydrogen) atoms. The molecule has 8 heteroatoms. The summed E-state index contributed by atoms with van der Waals surface area (Å²) in [4.78, 5) is 25.0. The monoisotopic (exact) mass is 444 g/mol. The number of hydrogen-bond acceptors (Lipinski definition) is 8. The molecule has 0 spiro atoms. The summed E-state index contributed by atoms with van der Waals surface area (Å²) in [5, 5.41) is 0. The summed E-state index contributed by atoms with van der Waals surface area (Å²) in [6, 6.07) is 10.9. The molecule has 0 unspecified atom stereocenters. The van der Waals surface area contributed by atoms with E-state index in [-0.39, 0.29) is 13.0 Å². The van der Waals surface area contributed by atoms with Crippen molar-refractivity contribution in [2.75, 3.05) is 35.0 Å². The van der Waals surface area contributed by atoms with Crippen LogP contribution in [-0.2, 0) is 31.9 Å². The van der Waals surface area contributed by atoms with Crippen molar-refractivity contribution in [1.82, 2.24) is 0 Å². The van der Waals surface area contributed by atoms with Crippen molar-refractivity contribution in [3.63, 3.8) is 0 Å². The van der Waals surface area contributed by atoms with Crippen molar-refractivity contribution in [3.05, 3.63) is 47.5 Å². The zero-order valence-electron chi connectivity index (χ0n) is 18.9. The van der Waals surface area contributed by atoms with E-state index in [1.165, 1.54) is 14.0 Å². The van der Waals surface area contributed by atoms with Gasteiger partial charge in [0.1, 0.15) is 0 Å². The van der Waals surface area contributed by atoms with Gasteiger partial charge in [-0.25, -0.2) is 4.79 Å². The van der Waals surface area contributed by atoms with Gasteiger partial charge in [0.25, 0.3) is 0 Å². The molecule has 1 aliphatic heterocycles. The fraction of sp³-hybridized carbons (Fsp3) is 0.417. The number of esters is 2. The van der Waals surface area contributed by atoms with E-state index >= 15 is 0 Å². The highest BCUT2D eigenvalue weighted by molar-refractivity contribution is 5.85. The molecule has 2 aromatic carbocycles. The highest BCUT2D eigenvalue weighted by atomic mass is 16.6. The van der Waals surface area contributed by atoms with Gasteiger partial charge in [0, 0.05) is 19.3 Å². The molecule has 0 saturated carbocycles. The average molecular weight is 444 g/mol. The van der Waals surface area contributed by atoms with E-state index in [4.69, 9.17) is 28.4 Å². The largest absolute Gasteiger partial charge is 0.493 e. The van der Waals surface area contributed by atoms with Crippen LogP contribution in [0, 0.1) is 5.92 Å². The molecule has 2 atom stereocenters. The molecule has 0 amide bonds. The average Bonchev–Trinajstić information content (AvgIpc) is 3.07. The number of rotatable bonds is 9. The molecular formula is C24H28O8. The zero-order valence-corrected chi connectivity index (χ0v) is 18.9.